The van der Waals surface area contributed by atoms with Gasteiger partial charge in [-0.3, -0.25) is 4.79 Å². The minimum Gasteiger partial charge on any atom is -0.289 e. The van der Waals surface area contributed by atoms with Crippen LogP contribution >= 0.6 is 10.7 Å². The lowest BCUT2D eigenvalue weighted by Gasteiger charge is -2.24. The molecule has 4 heteroatoms. The van der Waals surface area contributed by atoms with E-state index < -0.39 is 15.3 Å². The zero-order valence-electron chi connectivity index (χ0n) is 9.30. The lowest BCUT2D eigenvalue weighted by molar-refractivity contribution is 0.103. The van der Waals surface area contributed by atoms with E-state index in [1.54, 1.807) is 24.3 Å². The molecule has 0 bridgehead atoms. The number of hydrogen-bond donors (Lipinski definition) is 0. The summed E-state index contributed by atoms with van der Waals surface area (Å²) in [4.78, 5) is 12.3. The molecule has 0 saturated carbocycles. The minimum atomic E-state index is -1.57. The van der Waals surface area contributed by atoms with Crippen LogP contribution in [0.25, 0.3) is 0 Å². The van der Waals surface area contributed by atoms with Crippen molar-refractivity contribution in [1.82, 2.24) is 0 Å². The van der Waals surface area contributed by atoms with Gasteiger partial charge < -0.3 is 0 Å². The fourth-order valence-corrected chi connectivity index (χ4v) is 3.76. The fourth-order valence-electron chi connectivity index (χ4n) is 2.38. The van der Waals surface area contributed by atoms with Gasteiger partial charge in [-0.2, -0.15) is 0 Å². The Bertz CT molecular complexity index is 617. The van der Waals surface area contributed by atoms with Crippen LogP contribution in [-0.4, -0.2) is 9.99 Å². The Hall–Kier alpha value is -1.45. The number of hydrogen-bond acceptors (Lipinski definition) is 2. The minimum absolute atomic E-state index is 0.0282. The lowest BCUT2D eigenvalue weighted by Crippen LogP contribution is -2.20. The van der Waals surface area contributed by atoms with Gasteiger partial charge in [0, 0.05) is 11.1 Å². The fraction of sp³-hybridized carbons (Fsp3) is 0.0714. The van der Waals surface area contributed by atoms with E-state index in [2.05, 4.69) is 0 Å². The molecule has 0 heterocycles. The Kier molecular flexibility index (Phi) is 2.80. The van der Waals surface area contributed by atoms with Gasteiger partial charge >= 0.3 is 0 Å². The third kappa shape index (κ3) is 1.62. The van der Waals surface area contributed by atoms with Crippen molar-refractivity contribution in [2.75, 3.05) is 0 Å². The zero-order chi connectivity index (χ0) is 12.7. The summed E-state index contributed by atoms with van der Waals surface area (Å²) in [7, 11) is 4.25. The van der Waals surface area contributed by atoms with E-state index in [1.807, 2.05) is 24.3 Å². The van der Waals surface area contributed by atoms with Crippen molar-refractivity contribution in [2.45, 2.75) is 5.25 Å². The molecule has 2 aromatic carbocycles. The highest BCUT2D eigenvalue weighted by Crippen LogP contribution is 2.39. The number of rotatable bonds is 1. The van der Waals surface area contributed by atoms with Crippen LogP contribution < -0.4 is 0 Å². The van der Waals surface area contributed by atoms with Crippen molar-refractivity contribution in [2.24, 2.45) is 0 Å². The molecule has 0 N–H and O–H groups in total. The molecule has 0 saturated heterocycles. The zero-order valence-corrected chi connectivity index (χ0v) is 10.9. The Balaban J connectivity index is 2.33. The van der Waals surface area contributed by atoms with Crippen molar-refractivity contribution >= 4 is 26.5 Å². The standard InChI is InChI=1S/C14H9ClO2S/c15-18(17)14-11-7-3-1-5-9(11)13(16)10-6-2-4-8-12(10)14/h1-8,14H. The van der Waals surface area contributed by atoms with E-state index in [0.717, 1.165) is 11.1 Å². The molecule has 0 aromatic heterocycles. The Morgan fingerprint density at radius 2 is 1.33 bits per heavy atom. The largest absolute Gasteiger partial charge is 0.289 e. The van der Waals surface area contributed by atoms with E-state index in [-0.39, 0.29) is 5.78 Å². The number of carbonyl (C=O) groups is 1. The summed E-state index contributed by atoms with van der Waals surface area (Å²) < 4.78 is 11.8. The number of halogens is 1. The molecule has 1 unspecified atom stereocenters. The number of benzene rings is 2. The summed E-state index contributed by atoms with van der Waals surface area (Å²) >= 11 is 0. The highest BCUT2D eigenvalue weighted by atomic mass is 35.7. The van der Waals surface area contributed by atoms with E-state index in [9.17, 15) is 9.00 Å². The molecule has 1 atom stereocenters. The third-order valence-corrected chi connectivity index (χ3v) is 4.57. The molecule has 90 valence electrons. The summed E-state index contributed by atoms with van der Waals surface area (Å²) in [5.41, 5.74) is 2.68. The third-order valence-electron chi connectivity index (χ3n) is 3.16. The van der Waals surface area contributed by atoms with E-state index >= 15 is 0 Å². The normalized spacial score (nSPS) is 15.9. The van der Waals surface area contributed by atoms with Gasteiger partial charge in [-0.05, 0) is 21.8 Å². The maximum atomic E-state index is 12.3. The van der Waals surface area contributed by atoms with Crippen molar-refractivity contribution in [3.05, 3.63) is 70.8 Å². The van der Waals surface area contributed by atoms with Crippen LogP contribution in [0.15, 0.2) is 48.5 Å². The van der Waals surface area contributed by atoms with Crippen LogP contribution in [0.1, 0.15) is 32.3 Å². The molecule has 0 aliphatic heterocycles. The average Bonchev–Trinajstić information content (AvgIpc) is 2.39. The summed E-state index contributed by atoms with van der Waals surface area (Å²) in [6.07, 6.45) is 0. The summed E-state index contributed by atoms with van der Waals surface area (Å²) in [5.74, 6) is -0.0282. The molecular formula is C14H9ClO2S. The summed E-state index contributed by atoms with van der Waals surface area (Å²) in [6.45, 7) is 0. The molecule has 2 aromatic rings. The maximum absolute atomic E-state index is 12.3. The maximum Gasteiger partial charge on any atom is 0.193 e. The molecule has 3 rings (SSSR count). The first kappa shape index (κ1) is 11.6. The van der Waals surface area contributed by atoms with Crippen LogP contribution in [0.2, 0.25) is 0 Å². The molecule has 1 aliphatic carbocycles. The average molecular weight is 277 g/mol. The van der Waals surface area contributed by atoms with E-state index in [1.165, 1.54) is 0 Å². The Morgan fingerprint density at radius 1 is 0.889 bits per heavy atom. The van der Waals surface area contributed by atoms with Crippen LogP contribution in [0.5, 0.6) is 0 Å². The number of ketones is 1. The summed E-state index contributed by atoms with van der Waals surface area (Å²) in [6, 6.07) is 14.4. The molecule has 1 aliphatic rings. The van der Waals surface area contributed by atoms with Crippen LogP contribution in [0, 0.1) is 0 Å². The first-order valence-corrected chi connectivity index (χ1v) is 7.53. The van der Waals surface area contributed by atoms with Gasteiger partial charge in [0.1, 0.15) is 15.3 Å². The van der Waals surface area contributed by atoms with Crippen molar-refractivity contribution in [3.63, 3.8) is 0 Å². The SMILES string of the molecule is O=C1c2ccccc2C(S(=O)Cl)c2ccccc21. The van der Waals surface area contributed by atoms with E-state index in [0.29, 0.717) is 11.1 Å². The molecule has 0 radical (unpaired) electrons. The van der Waals surface area contributed by atoms with Gasteiger partial charge in [0.25, 0.3) is 0 Å². The van der Waals surface area contributed by atoms with Crippen LogP contribution in [0.3, 0.4) is 0 Å². The second-order valence-corrected chi connectivity index (χ2v) is 6.01. The van der Waals surface area contributed by atoms with Gasteiger partial charge in [-0.1, -0.05) is 48.5 Å². The molecule has 2 nitrogen and oxygen atoms in total. The van der Waals surface area contributed by atoms with Gasteiger partial charge in [0.05, 0.1) is 0 Å². The summed E-state index contributed by atoms with van der Waals surface area (Å²) in [5, 5.41) is -0.434. The quantitative estimate of drug-likeness (QED) is 0.750. The lowest BCUT2D eigenvalue weighted by atomic mass is 9.85. The van der Waals surface area contributed by atoms with Crippen molar-refractivity contribution in [3.8, 4) is 0 Å². The van der Waals surface area contributed by atoms with Crippen LogP contribution in [0.4, 0.5) is 0 Å². The smallest absolute Gasteiger partial charge is 0.193 e. The monoisotopic (exact) mass is 276 g/mol. The molecule has 18 heavy (non-hydrogen) atoms. The molecule has 0 fully saturated rings. The molecule has 0 spiro atoms. The van der Waals surface area contributed by atoms with Gasteiger partial charge in [-0.15, -0.1) is 0 Å². The second kappa shape index (κ2) is 4.34. The topological polar surface area (TPSA) is 34.1 Å². The predicted molar refractivity (Wildman–Crippen MR) is 72.2 cm³/mol. The second-order valence-electron chi connectivity index (χ2n) is 4.13. The van der Waals surface area contributed by atoms with Crippen molar-refractivity contribution < 1.29 is 9.00 Å². The predicted octanol–water partition coefficient (Wildman–Crippen LogP) is 3.22. The van der Waals surface area contributed by atoms with Gasteiger partial charge in [-0.25, -0.2) is 4.21 Å². The van der Waals surface area contributed by atoms with E-state index in [4.69, 9.17) is 10.7 Å². The Morgan fingerprint density at radius 3 is 1.78 bits per heavy atom. The number of fused-ring (bicyclic) bond motifs is 2. The molecular weight excluding hydrogens is 268 g/mol. The van der Waals surface area contributed by atoms with Crippen molar-refractivity contribution in [1.29, 1.82) is 0 Å². The van der Waals surface area contributed by atoms with Gasteiger partial charge in [0.15, 0.2) is 5.78 Å². The highest BCUT2D eigenvalue weighted by molar-refractivity contribution is 8.08. The first-order valence-electron chi connectivity index (χ1n) is 5.49. The van der Waals surface area contributed by atoms with Gasteiger partial charge in [0.2, 0.25) is 0 Å². The number of carbonyl (C=O) groups excluding carboxylic acids is 1. The highest BCUT2D eigenvalue weighted by Gasteiger charge is 2.33. The van der Waals surface area contributed by atoms with Crippen LogP contribution in [-0.2, 0) is 10.0 Å². The molecule has 0 amide bonds. The Labute approximate surface area is 112 Å². The first-order chi connectivity index (χ1) is 8.70.